The Balaban J connectivity index is 1.73. The molecule has 0 unspecified atom stereocenters. The van der Waals surface area contributed by atoms with Gasteiger partial charge in [0, 0.05) is 0 Å². The minimum absolute atomic E-state index is 0.0745. The first-order valence-electron chi connectivity index (χ1n) is 7.01. The summed E-state index contributed by atoms with van der Waals surface area (Å²) < 4.78 is 43.4. The van der Waals surface area contributed by atoms with Gasteiger partial charge in [0.05, 0.1) is 28.8 Å². The van der Waals surface area contributed by atoms with Crippen molar-refractivity contribution in [2.75, 3.05) is 0 Å². The fraction of sp³-hybridized carbons (Fsp3) is 0.118. The third-order valence-corrected chi connectivity index (χ3v) is 3.69. The van der Waals surface area contributed by atoms with Crippen LogP contribution in [0.3, 0.4) is 0 Å². The van der Waals surface area contributed by atoms with E-state index < -0.39 is 11.7 Å². The van der Waals surface area contributed by atoms with Crippen molar-refractivity contribution in [2.45, 2.75) is 12.8 Å². The zero-order valence-corrected chi connectivity index (χ0v) is 13.0. The predicted octanol–water partition coefficient (Wildman–Crippen LogP) is 5.33. The van der Waals surface area contributed by atoms with Crippen LogP contribution in [-0.2, 0) is 12.8 Å². The maximum atomic E-state index is 12.6. The van der Waals surface area contributed by atoms with Crippen molar-refractivity contribution in [3.05, 3.63) is 71.1 Å². The second-order valence-electron chi connectivity index (χ2n) is 5.10. The smallest absolute Gasteiger partial charge is 0.416 e. The summed E-state index contributed by atoms with van der Waals surface area (Å²) in [7, 11) is 0. The monoisotopic (exact) mass is 352 g/mol. The van der Waals surface area contributed by atoms with Crippen LogP contribution in [0.15, 0.2) is 55.0 Å². The van der Waals surface area contributed by atoms with Crippen molar-refractivity contribution in [2.24, 2.45) is 0 Å². The van der Waals surface area contributed by atoms with Gasteiger partial charge in [-0.05, 0) is 35.4 Å². The van der Waals surface area contributed by atoms with E-state index in [1.54, 1.807) is 12.5 Å². The van der Waals surface area contributed by atoms with E-state index in [1.807, 2.05) is 24.3 Å². The van der Waals surface area contributed by atoms with Gasteiger partial charge < -0.3 is 9.72 Å². The lowest BCUT2D eigenvalue weighted by atomic mass is 10.1. The Hall–Kier alpha value is -2.47. The van der Waals surface area contributed by atoms with Crippen LogP contribution in [0.25, 0.3) is 11.3 Å². The van der Waals surface area contributed by atoms with Crippen molar-refractivity contribution in [1.82, 2.24) is 9.97 Å². The number of hydrogen-bond acceptors (Lipinski definition) is 2. The van der Waals surface area contributed by atoms with Crippen LogP contribution in [0.2, 0.25) is 5.02 Å². The zero-order chi connectivity index (χ0) is 17.2. The summed E-state index contributed by atoms with van der Waals surface area (Å²) >= 11 is 5.88. The number of imidazole rings is 1. The van der Waals surface area contributed by atoms with Crippen molar-refractivity contribution < 1.29 is 17.9 Å². The molecule has 0 spiro atoms. The highest BCUT2D eigenvalue weighted by atomic mass is 35.5. The number of nitrogens with one attached hydrogen (secondary N) is 1. The fourth-order valence-electron chi connectivity index (χ4n) is 2.20. The first-order chi connectivity index (χ1) is 11.4. The van der Waals surface area contributed by atoms with E-state index in [2.05, 4.69) is 9.97 Å². The summed E-state index contributed by atoms with van der Waals surface area (Å²) in [4.78, 5) is 6.97. The van der Waals surface area contributed by atoms with E-state index in [-0.39, 0.29) is 17.4 Å². The molecule has 124 valence electrons. The predicted molar refractivity (Wildman–Crippen MR) is 84.8 cm³/mol. The third-order valence-electron chi connectivity index (χ3n) is 3.39. The molecule has 3 nitrogen and oxygen atoms in total. The number of halogens is 4. The lowest BCUT2D eigenvalue weighted by molar-refractivity contribution is -0.137. The van der Waals surface area contributed by atoms with Crippen LogP contribution in [0.4, 0.5) is 13.2 Å². The number of H-pyrrole nitrogens is 1. The number of benzene rings is 2. The Morgan fingerprint density at radius 3 is 2.62 bits per heavy atom. The van der Waals surface area contributed by atoms with Gasteiger partial charge in [0.2, 0.25) is 0 Å². The van der Waals surface area contributed by atoms with Crippen LogP contribution in [0.1, 0.15) is 11.1 Å². The molecule has 0 fully saturated rings. The molecule has 0 bridgehead atoms. The fourth-order valence-corrected chi connectivity index (χ4v) is 2.43. The Morgan fingerprint density at radius 2 is 1.96 bits per heavy atom. The molecule has 0 aliphatic carbocycles. The second-order valence-corrected chi connectivity index (χ2v) is 5.50. The van der Waals surface area contributed by atoms with Crippen LogP contribution in [-0.4, -0.2) is 9.97 Å². The van der Waals surface area contributed by atoms with Gasteiger partial charge in [0.1, 0.15) is 12.4 Å². The first-order valence-corrected chi connectivity index (χ1v) is 7.38. The highest BCUT2D eigenvalue weighted by Crippen LogP contribution is 2.35. The Bertz CT molecular complexity index is 832. The van der Waals surface area contributed by atoms with E-state index >= 15 is 0 Å². The molecule has 24 heavy (non-hydrogen) atoms. The van der Waals surface area contributed by atoms with Crippen LogP contribution in [0.5, 0.6) is 5.75 Å². The van der Waals surface area contributed by atoms with Gasteiger partial charge in [0.15, 0.2) is 0 Å². The van der Waals surface area contributed by atoms with Gasteiger partial charge in [-0.1, -0.05) is 29.8 Å². The van der Waals surface area contributed by atoms with E-state index in [0.29, 0.717) is 0 Å². The van der Waals surface area contributed by atoms with Crippen LogP contribution in [0, 0.1) is 0 Å². The molecule has 0 aliphatic heterocycles. The average molecular weight is 353 g/mol. The number of nitrogens with zero attached hydrogens (tertiary/aromatic N) is 1. The molecule has 0 saturated heterocycles. The quantitative estimate of drug-likeness (QED) is 0.689. The molecule has 0 amide bonds. The van der Waals surface area contributed by atoms with Crippen molar-refractivity contribution >= 4 is 11.6 Å². The molecule has 1 N–H and O–H groups in total. The minimum atomic E-state index is -4.43. The Morgan fingerprint density at radius 1 is 1.12 bits per heavy atom. The maximum absolute atomic E-state index is 12.6. The molecular formula is C17H12ClF3N2O. The summed E-state index contributed by atoms with van der Waals surface area (Å²) in [5.41, 5.74) is 1.86. The SMILES string of the molecule is FC(F)(F)c1ccc(OCc2cccc(-c3cnc[nH]3)c2)c(Cl)c1. The Labute approximate surface area is 141 Å². The molecule has 3 aromatic rings. The number of rotatable bonds is 4. The molecule has 0 saturated carbocycles. The molecule has 0 aliphatic rings. The van der Waals surface area contributed by atoms with Crippen molar-refractivity contribution in [3.8, 4) is 17.0 Å². The molecule has 1 aromatic heterocycles. The third kappa shape index (κ3) is 3.71. The lowest BCUT2D eigenvalue weighted by Crippen LogP contribution is -2.05. The normalized spacial score (nSPS) is 11.5. The van der Waals surface area contributed by atoms with E-state index in [1.165, 1.54) is 6.07 Å². The van der Waals surface area contributed by atoms with E-state index in [0.717, 1.165) is 29.0 Å². The lowest BCUT2D eigenvalue weighted by Gasteiger charge is -2.12. The maximum Gasteiger partial charge on any atom is 0.416 e. The molecule has 3 rings (SSSR count). The number of ether oxygens (including phenoxy) is 1. The molecule has 2 aromatic carbocycles. The van der Waals surface area contributed by atoms with Gasteiger partial charge in [-0.3, -0.25) is 0 Å². The van der Waals surface area contributed by atoms with E-state index in [9.17, 15) is 13.2 Å². The zero-order valence-electron chi connectivity index (χ0n) is 12.3. The summed E-state index contributed by atoms with van der Waals surface area (Å²) in [6.45, 7) is 0.188. The van der Waals surface area contributed by atoms with Gasteiger partial charge >= 0.3 is 6.18 Å². The van der Waals surface area contributed by atoms with Crippen molar-refractivity contribution in [1.29, 1.82) is 0 Å². The standard InChI is InChI=1S/C17H12ClF3N2O/c18-14-7-13(17(19,20)21)4-5-16(14)24-9-11-2-1-3-12(6-11)15-8-22-10-23-15/h1-8,10H,9H2,(H,22,23). The molecule has 0 radical (unpaired) electrons. The number of hydrogen-bond donors (Lipinski definition) is 1. The second kappa shape index (κ2) is 6.57. The number of aromatic nitrogens is 2. The number of alkyl halides is 3. The van der Waals surface area contributed by atoms with Gasteiger partial charge in [-0.2, -0.15) is 13.2 Å². The summed E-state index contributed by atoms with van der Waals surface area (Å²) in [6.07, 6.45) is -1.15. The highest BCUT2D eigenvalue weighted by molar-refractivity contribution is 6.32. The van der Waals surface area contributed by atoms with Crippen molar-refractivity contribution in [3.63, 3.8) is 0 Å². The molecule has 7 heteroatoms. The van der Waals surface area contributed by atoms with Gasteiger partial charge in [-0.15, -0.1) is 0 Å². The van der Waals surface area contributed by atoms with Gasteiger partial charge in [0.25, 0.3) is 0 Å². The average Bonchev–Trinajstić information content (AvgIpc) is 3.07. The number of aromatic amines is 1. The highest BCUT2D eigenvalue weighted by Gasteiger charge is 2.31. The van der Waals surface area contributed by atoms with Crippen LogP contribution < -0.4 is 4.74 Å². The summed E-state index contributed by atoms with van der Waals surface area (Å²) in [5, 5.41) is -0.0745. The van der Waals surface area contributed by atoms with E-state index in [4.69, 9.17) is 16.3 Å². The topological polar surface area (TPSA) is 37.9 Å². The Kier molecular flexibility index (Phi) is 4.49. The van der Waals surface area contributed by atoms with Crippen LogP contribution >= 0.6 is 11.6 Å². The first kappa shape index (κ1) is 16.4. The molecule has 0 atom stereocenters. The molecular weight excluding hydrogens is 341 g/mol. The summed E-state index contributed by atoms with van der Waals surface area (Å²) in [5.74, 6) is 0.205. The minimum Gasteiger partial charge on any atom is -0.487 e. The largest absolute Gasteiger partial charge is 0.487 e. The van der Waals surface area contributed by atoms with Gasteiger partial charge in [-0.25, -0.2) is 4.98 Å². The summed E-state index contributed by atoms with van der Waals surface area (Å²) in [6, 6.07) is 10.6. The molecule has 1 heterocycles.